The first-order chi connectivity index (χ1) is 14.6. The van der Waals surface area contributed by atoms with E-state index in [1.165, 1.54) is 16.3 Å². The van der Waals surface area contributed by atoms with Crippen molar-refractivity contribution in [3.8, 4) is 5.75 Å². The number of aromatic nitrogens is 2. The largest absolute Gasteiger partial charge is 0.496 e. The minimum Gasteiger partial charge on any atom is -0.496 e. The van der Waals surface area contributed by atoms with E-state index in [0.29, 0.717) is 12.1 Å². The predicted octanol–water partition coefficient (Wildman–Crippen LogP) is 4.22. The van der Waals surface area contributed by atoms with Gasteiger partial charge >= 0.3 is 0 Å². The van der Waals surface area contributed by atoms with E-state index >= 15 is 0 Å². The molecule has 1 heterocycles. The van der Waals surface area contributed by atoms with E-state index in [1.54, 1.807) is 7.11 Å². The molecule has 158 valence electrons. The smallest absolute Gasteiger partial charge is 0.224 e. The number of rotatable bonds is 7. The summed E-state index contributed by atoms with van der Waals surface area (Å²) < 4.78 is 5.64. The summed E-state index contributed by atoms with van der Waals surface area (Å²) in [6.45, 7) is 0.824. The number of methoxy groups -OCH3 is 1. The fourth-order valence-corrected chi connectivity index (χ4v) is 4.14. The van der Waals surface area contributed by atoms with Crippen LogP contribution in [0.4, 0.5) is 11.8 Å². The third-order valence-electron chi connectivity index (χ3n) is 5.89. The summed E-state index contributed by atoms with van der Waals surface area (Å²) in [5.74, 6) is 2.60. The van der Waals surface area contributed by atoms with E-state index in [0.717, 1.165) is 49.7 Å². The minimum atomic E-state index is 0.427. The van der Waals surface area contributed by atoms with Gasteiger partial charge in [0.25, 0.3) is 0 Å². The zero-order chi connectivity index (χ0) is 20.9. The quantitative estimate of drug-likeness (QED) is 0.614. The highest BCUT2D eigenvalue weighted by molar-refractivity contribution is 5.85. The molecule has 1 aliphatic rings. The van der Waals surface area contributed by atoms with E-state index in [9.17, 15) is 0 Å². The first-order valence-corrected chi connectivity index (χ1v) is 10.7. The van der Waals surface area contributed by atoms with Crippen LogP contribution in [0, 0.1) is 0 Å². The lowest BCUT2D eigenvalue weighted by molar-refractivity contribution is 0.348. The molecule has 6 nitrogen and oxygen atoms in total. The number of nitrogens with one attached hydrogen (secondary N) is 2. The molecule has 0 bridgehead atoms. The van der Waals surface area contributed by atoms with E-state index in [4.69, 9.17) is 4.74 Å². The molecule has 0 atom stereocenters. The van der Waals surface area contributed by atoms with Crippen LogP contribution in [-0.4, -0.2) is 43.3 Å². The van der Waals surface area contributed by atoms with Crippen LogP contribution < -0.4 is 20.3 Å². The van der Waals surface area contributed by atoms with Crippen LogP contribution >= 0.6 is 0 Å². The monoisotopic (exact) mass is 405 g/mol. The molecule has 30 heavy (non-hydrogen) atoms. The molecule has 2 N–H and O–H groups in total. The van der Waals surface area contributed by atoms with E-state index in [-0.39, 0.29) is 0 Å². The first kappa shape index (κ1) is 20.4. The van der Waals surface area contributed by atoms with Crippen molar-refractivity contribution in [3.05, 3.63) is 54.2 Å². The molecule has 1 fully saturated rings. The summed E-state index contributed by atoms with van der Waals surface area (Å²) in [5.41, 5.74) is 1.21. The number of hydrogen-bond acceptors (Lipinski definition) is 6. The van der Waals surface area contributed by atoms with E-state index < -0.39 is 0 Å². The van der Waals surface area contributed by atoms with Crippen molar-refractivity contribution in [3.63, 3.8) is 0 Å². The number of hydrogen-bond donors (Lipinski definition) is 2. The highest BCUT2D eigenvalue weighted by Crippen LogP contribution is 2.27. The molecule has 0 radical (unpaired) electrons. The maximum atomic E-state index is 5.64. The average Bonchev–Trinajstić information content (AvgIpc) is 2.78. The second-order valence-electron chi connectivity index (χ2n) is 8.22. The Balaban J connectivity index is 1.31. The molecule has 0 aliphatic heterocycles. The Hall–Kier alpha value is -2.86. The number of nitrogens with zero attached hydrogens (tertiary/aromatic N) is 3. The topological polar surface area (TPSA) is 62.3 Å². The highest BCUT2D eigenvalue weighted by Gasteiger charge is 2.22. The van der Waals surface area contributed by atoms with Crippen molar-refractivity contribution < 1.29 is 4.74 Å². The Morgan fingerprint density at radius 1 is 1.00 bits per heavy atom. The summed E-state index contributed by atoms with van der Waals surface area (Å²) in [6.07, 6.45) is 6.32. The van der Waals surface area contributed by atoms with Gasteiger partial charge in [-0.2, -0.15) is 4.98 Å². The van der Waals surface area contributed by atoms with Crippen LogP contribution in [0.25, 0.3) is 10.8 Å². The molecule has 1 aromatic heterocycles. The molecule has 3 aromatic rings. The highest BCUT2D eigenvalue weighted by atomic mass is 16.5. The summed E-state index contributed by atoms with van der Waals surface area (Å²) in [6, 6.07) is 15.7. The number of fused-ring (bicyclic) bond motifs is 1. The third kappa shape index (κ3) is 4.82. The second kappa shape index (κ2) is 9.30. The normalized spacial score (nSPS) is 18.9. The van der Waals surface area contributed by atoms with Crippen LogP contribution in [0.5, 0.6) is 5.75 Å². The molecule has 1 saturated carbocycles. The van der Waals surface area contributed by atoms with Crippen molar-refractivity contribution in [2.45, 2.75) is 44.3 Å². The van der Waals surface area contributed by atoms with Gasteiger partial charge in [0.2, 0.25) is 5.95 Å². The zero-order valence-electron chi connectivity index (χ0n) is 18.1. The van der Waals surface area contributed by atoms with Crippen molar-refractivity contribution in [2.24, 2.45) is 0 Å². The third-order valence-corrected chi connectivity index (χ3v) is 5.89. The van der Waals surface area contributed by atoms with E-state index in [1.807, 2.05) is 31.3 Å². The Labute approximate surface area is 178 Å². The molecular weight excluding hydrogens is 374 g/mol. The SMILES string of the molecule is COc1cc2ccccc2cc1CN[C@H]1CC[C@@H](Nc2nccc(N(C)C)n2)CC1. The summed E-state index contributed by atoms with van der Waals surface area (Å²) >= 11 is 0. The Morgan fingerprint density at radius 3 is 2.40 bits per heavy atom. The Bertz CT molecular complexity index is 982. The van der Waals surface area contributed by atoms with Crippen molar-refractivity contribution in [1.82, 2.24) is 15.3 Å². The lowest BCUT2D eigenvalue weighted by Gasteiger charge is -2.30. The van der Waals surface area contributed by atoms with Gasteiger partial charge in [-0.25, -0.2) is 4.98 Å². The van der Waals surface area contributed by atoms with Gasteiger partial charge in [-0.3, -0.25) is 0 Å². The fourth-order valence-electron chi connectivity index (χ4n) is 4.14. The van der Waals surface area contributed by atoms with Crippen LogP contribution in [0.15, 0.2) is 48.7 Å². The standard InChI is InChI=1S/C24H31N5O/c1-29(2)23-12-13-25-24(28-23)27-21-10-8-20(9-11-21)26-16-19-14-17-6-4-5-7-18(17)15-22(19)30-3/h4-7,12-15,20-21,26H,8-11,16H2,1-3H3,(H,25,27,28)/t20-,21+. The zero-order valence-corrected chi connectivity index (χ0v) is 18.1. The van der Waals surface area contributed by atoms with Crippen LogP contribution in [0.1, 0.15) is 31.2 Å². The summed E-state index contributed by atoms with van der Waals surface area (Å²) in [5, 5.41) is 9.72. The number of benzene rings is 2. The van der Waals surface area contributed by atoms with Gasteiger partial charge in [-0.1, -0.05) is 24.3 Å². The number of ether oxygens (including phenoxy) is 1. The van der Waals surface area contributed by atoms with Gasteiger partial charge in [-0.15, -0.1) is 0 Å². The molecular formula is C24H31N5O. The van der Waals surface area contributed by atoms with Crippen LogP contribution in [-0.2, 0) is 6.54 Å². The summed E-state index contributed by atoms with van der Waals surface area (Å²) in [4.78, 5) is 11.0. The first-order valence-electron chi connectivity index (χ1n) is 10.7. The molecule has 1 aliphatic carbocycles. The maximum absolute atomic E-state index is 5.64. The lowest BCUT2D eigenvalue weighted by atomic mass is 9.91. The fraction of sp³-hybridized carbons (Fsp3) is 0.417. The van der Waals surface area contributed by atoms with E-state index in [2.05, 4.69) is 57.0 Å². The minimum absolute atomic E-state index is 0.427. The summed E-state index contributed by atoms with van der Waals surface area (Å²) in [7, 11) is 5.74. The van der Waals surface area contributed by atoms with Crippen molar-refractivity contribution >= 4 is 22.5 Å². The molecule has 0 amide bonds. The molecule has 4 rings (SSSR count). The van der Waals surface area contributed by atoms with Crippen LogP contribution in [0.3, 0.4) is 0 Å². The van der Waals surface area contributed by atoms with Crippen molar-refractivity contribution in [2.75, 3.05) is 31.4 Å². The molecule has 0 saturated heterocycles. The molecule has 0 spiro atoms. The average molecular weight is 406 g/mol. The maximum Gasteiger partial charge on any atom is 0.224 e. The molecule has 6 heteroatoms. The number of anilines is 2. The predicted molar refractivity (Wildman–Crippen MR) is 123 cm³/mol. The van der Waals surface area contributed by atoms with Crippen LogP contribution in [0.2, 0.25) is 0 Å². The van der Waals surface area contributed by atoms with Gasteiger partial charge in [0, 0.05) is 44.5 Å². The van der Waals surface area contributed by atoms with Gasteiger partial charge in [-0.05, 0) is 54.7 Å². The lowest BCUT2D eigenvalue weighted by Crippen LogP contribution is -2.37. The molecule has 2 aromatic carbocycles. The van der Waals surface area contributed by atoms with Gasteiger partial charge in [0.15, 0.2) is 0 Å². The van der Waals surface area contributed by atoms with Gasteiger partial charge in [0.05, 0.1) is 7.11 Å². The second-order valence-corrected chi connectivity index (χ2v) is 8.22. The van der Waals surface area contributed by atoms with Crippen molar-refractivity contribution in [1.29, 1.82) is 0 Å². The van der Waals surface area contributed by atoms with Gasteiger partial charge in [0.1, 0.15) is 11.6 Å². The Morgan fingerprint density at radius 2 is 1.70 bits per heavy atom. The molecule has 0 unspecified atom stereocenters. The van der Waals surface area contributed by atoms with Gasteiger partial charge < -0.3 is 20.3 Å². The Kier molecular flexibility index (Phi) is 6.33.